The minimum Gasteiger partial charge on any atom is -0.497 e. The standard InChI is InChI=1S/C25H24N2O7/c1-33-16-9-7-15(8-10-16)19-11-17(14-5-3-2-4-6-14)18(12-26)24(32)27(19)25-23(31)22(30)21(29)20(13-28)34-25/h2-11,20-23,25,28-31H,13H2,1H3/t20-,21+,22+,23+,25+/m0/s1. The number of ether oxygens (including phenoxy) is 2. The smallest absolute Gasteiger partial charge is 0.271 e. The van der Waals surface area contributed by atoms with Crippen LogP contribution in [0.5, 0.6) is 5.75 Å². The molecule has 1 aliphatic heterocycles. The summed E-state index contributed by atoms with van der Waals surface area (Å²) in [7, 11) is 1.52. The van der Waals surface area contributed by atoms with Gasteiger partial charge in [0.05, 0.1) is 19.4 Å². The number of aliphatic hydroxyl groups excluding tert-OH is 4. The van der Waals surface area contributed by atoms with Crippen LogP contribution in [0.2, 0.25) is 0 Å². The SMILES string of the molecule is COc1ccc(-c2cc(-c3ccccc3)c(C#N)c(=O)n2[C@@H]2O[C@@H](CO)[C@@H](O)[C@@H](O)[C@H]2O)cc1. The Bertz CT molecular complexity index is 1250. The molecule has 2 aromatic carbocycles. The first kappa shape index (κ1) is 23.6. The largest absolute Gasteiger partial charge is 0.497 e. The zero-order chi connectivity index (χ0) is 24.4. The molecule has 1 aromatic heterocycles. The van der Waals surface area contributed by atoms with E-state index in [0.717, 1.165) is 4.57 Å². The summed E-state index contributed by atoms with van der Waals surface area (Å²) in [5.74, 6) is 0.586. The Morgan fingerprint density at radius 1 is 1.00 bits per heavy atom. The van der Waals surface area contributed by atoms with Crippen LogP contribution < -0.4 is 10.3 Å². The van der Waals surface area contributed by atoms with Crippen LogP contribution in [0.1, 0.15) is 11.8 Å². The zero-order valence-corrected chi connectivity index (χ0v) is 18.3. The fourth-order valence-corrected chi connectivity index (χ4v) is 4.11. The van der Waals surface area contributed by atoms with Crippen LogP contribution in [0.4, 0.5) is 0 Å². The average molecular weight is 464 g/mol. The predicted molar refractivity (Wildman–Crippen MR) is 122 cm³/mol. The molecule has 0 radical (unpaired) electrons. The van der Waals surface area contributed by atoms with Crippen molar-refractivity contribution in [2.75, 3.05) is 13.7 Å². The third-order valence-electron chi connectivity index (χ3n) is 5.95. The first-order chi connectivity index (χ1) is 16.4. The van der Waals surface area contributed by atoms with Crippen molar-refractivity contribution in [1.82, 2.24) is 4.57 Å². The van der Waals surface area contributed by atoms with Gasteiger partial charge in [0, 0.05) is 5.56 Å². The fraction of sp³-hybridized carbons (Fsp3) is 0.280. The van der Waals surface area contributed by atoms with Gasteiger partial charge in [0.2, 0.25) is 0 Å². The number of aliphatic hydroxyl groups is 4. The number of aromatic nitrogens is 1. The van der Waals surface area contributed by atoms with Crippen molar-refractivity contribution in [1.29, 1.82) is 5.26 Å². The Hall–Kier alpha value is -3.52. The van der Waals surface area contributed by atoms with E-state index in [1.165, 1.54) is 7.11 Å². The molecule has 3 aromatic rings. The molecule has 4 rings (SSSR count). The van der Waals surface area contributed by atoms with Gasteiger partial charge in [0.15, 0.2) is 6.23 Å². The molecule has 0 spiro atoms. The van der Waals surface area contributed by atoms with Gasteiger partial charge in [-0.05, 0) is 41.5 Å². The summed E-state index contributed by atoms with van der Waals surface area (Å²) < 4.78 is 12.0. The summed E-state index contributed by atoms with van der Waals surface area (Å²) in [5, 5.41) is 50.7. The van der Waals surface area contributed by atoms with Gasteiger partial charge < -0.3 is 29.9 Å². The second-order valence-electron chi connectivity index (χ2n) is 7.92. The van der Waals surface area contributed by atoms with E-state index in [4.69, 9.17) is 9.47 Å². The van der Waals surface area contributed by atoms with Gasteiger partial charge in [-0.2, -0.15) is 5.26 Å². The molecule has 0 aliphatic carbocycles. The lowest BCUT2D eigenvalue weighted by atomic mass is 9.95. The third-order valence-corrected chi connectivity index (χ3v) is 5.95. The number of hydrogen-bond acceptors (Lipinski definition) is 8. The molecule has 176 valence electrons. The summed E-state index contributed by atoms with van der Waals surface area (Å²) in [4.78, 5) is 13.7. The van der Waals surface area contributed by atoms with Crippen LogP contribution >= 0.6 is 0 Å². The molecule has 2 heterocycles. The normalized spacial score (nSPS) is 24.4. The lowest BCUT2D eigenvalue weighted by molar-refractivity contribution is -0.251. The van der Waals surface area contributed by atoms with Crippen molar-refractivity contribution in [3.8, 4) is 34.2 Å². The highest BCUT2D eigenvalue weighted by Crippen LogP contribution is 2.34. The molecule has 0 unspecified atom stereocenters. The van der Waals surface area contributed by atoms with Crippen LogP contribution in [0.3, 0.4) is 0 Å². The first-order valence-electron chi connectivity index (χ1n) is 10.6. The van der Waals surface area contributed by atoms with E-state index in [-0.39, 0.29) is 5.56 Å². The Labute approximate surface area is 195 Å². The maximum atomic E-state index is 13.7. The predicted octanol–water partition coefficient (Wildman–Crippen LogP) is 1.03. The Morgan fingerprint density at radius 2 is 1.68 bits per heavy atom. The number of nitriles is 1. The van der Waals surface area contributed by atoms with Crippen LogP contribution in [0.15, 0.2) is 65.5 Å². The summed E-state index contributed by atoms with van der Waals surface area (Å²) in [6.45, 7) is -0.652. The van der Waals surface area contributed by atoms with Crippen molar-refractivity contribution in [2.24, 2.45) is 0 Å². The molecule has 1 aliphatic rings. The van der Waals surface area contributed by atoms with Crippen LogP contribution in [0.25, 0.3) is 22.4 Å². The molecule has 9 nitrogen and oxygen atoms in total. The molecule has 0 bridgehead atoms. The van der Waals surface area contributed by atoms with Gasteiger partial charge in [-0.1, -0.05) is 30.3 Å². The van der Waals surface area contributed by atoms with Gasteiger partial charge in [-0.25, -0.2) is 0 Å². The minimum absolute atomic E-state index is 0.180. The van der Waals surface area contributed by atoms with Gasteiger partial charge in [-0.15, -0.1) is 0 Å². The average Bonchev–Trinajstić information content (AvgIpc) is 2.88. The molecular weight excluding hydrogens is 440 g/mol. The number of hydrogen-bond donors (Lipinski definition) is 4. The van der Waals surface area contributed by atoms with E-state index < -0.39 is 42.8 Å². The van der Waals surface area contributed by atoms with E-state index in [9.17, 15) is 30.5 Å². The van der Waals surface area contributed by atoms with E-state index in [1.54, 1.807) is 54.6 Å². The van der Waals surface area contributed by atoms with E-state index in [1.807, 2.05) is 12.1 Å². The summed E-state index contributed by atoms with van der Waals surface area (Å²) >= 11 is 0. The highest BCUT2D eigenvalue weighted by molar-refractivity contribution is 5.75. The monoisotopic (exact) mass is 464 g/mol. The van der Waals surface area contributed by atoms with Crippen molar-refractivity contribution in [3.63, 3.8) is 0 Å². The molecule has 9 heteroatoms. The number of rotatable bonds is 5. The first-order valence-corrected chi connectivity index (χ1v) is 10.6. The van der Waals surface area contributed by atoms with Crippen molar-refractivity contribution in [3.05, 3.63) is 76.6 Å². The second-order valence-corrected chi connectivity index (χ2v) is 7.92. The molecule has 5 atom stereocenters. The molecule has 34 heavy (non-hydrogen) atoms. The summed E-state index contributed by atoms with van der Waals surface area (Å²) in [5.41, 5.74) is 0.956. The number of pyridine rings is 1. The number of methoxy groups -OCH3 is 1. The topological polar surface area (TPSA) is 145 Å². The van der Waals surface area contributed by atoms with Crippen LogP contribution in [-0.4, -0.2) is 63.1 Å². The highest BCUT2D eigenvalue weighted by Gasteiger charge is 2.45. The molecular formula is C25H24N2O7. The Morgan fingerprint density at radius 3 is 2.26 bits per heavy atom. The maximum absolute atomic E-state index is 13.7. The van der Waals surface area contributed by atoms with Crippen molar-refractivity contribution in [2.45, 2.75) is 30.6 Å². The molecule has 1 saturated heterocycles. The van der Waals surface area contributed by atoms with Gasteiger partial charge in [-0.3, -0.25) is 9.36 Å². The second kappa shape index (κ2) is 9.77. The number of nitrogens with zero attached hydrogens (tertiary/aromatic N) is 2. The highest BCUT2D eigenvalue weighted by atomic mass is 16.6. The van der Waals surface area contributed by atoms with Crippen molar-refractivity contribution < 1.29 is 29.9 Å². The van der Waals surface area contributed by atoms with Crippen molar-refractivity contribution >= 4 is 0 Å². The lowest BCUT2D eigenvalue weighted by Crippen LogP contribution is -2.57. The van der Waals surface area contributed by atoms with E-state index in [2.05, 4.69) is 0 Å². The summed E-state index contributed by atoms with van der Waals surface area (Å²) in [6.07, 6.45) is -7.68. The van der Waals surface area contributed by atoms with Crippen LogP contribution in [0, 0.1) is 11.3 Å². The minimum atomic E-state index is -1.71. The summed E-state index contributed by atoms with van der Waals surface area (Å²) in [6, 6.07) is 19.3. The number of benzene rings is 2. The Balaban J connectivity index is 2.00. The molecule has 1 fully saturated rings. The van der Waals surface area contributed by atoms with Gasteiger partial charge >= 0.3 is 0 Å². The van der Waals surface area contributed by atoms with Gasteiger partial charge in [0.25, 0.3) is 5.56 Å². The fourth-order valence-electron chi connectivity index (χ4n) is 4.11. The molecule has 0 amide bonds. The molecule has 4 N–H and O–H groups in total. The maximum Gasteiger partial charge on any atom is 0.271 e. The van der Waals surface area contributed by atoms with Gasteiger partial charge in [0.1, 0.15) is 41.8 Å². The Kier molecular flexibility index (Phi) is 6.79. The van der Waals surface area contributed by atoms with E-state index >= 15 is 0 Å². The third kappa shape index (κ3) is 4.09. The quantitative estimate of drug-likeness (QED) is 0.438. The lowest BCUT2D eigenvalue weighted by Gasteiger charge is -2.41. The zero-order valence-electron chi connectivity index (χ0n) is 18.3. The van der Waals surface area contributed by atoms with E-state index in [0.29, 0.717) is 28.1 Å². The van der Waals surface area contributed by atoms with Crippen LogP contribution in [-0.2, 0) is 4.74 Å². The molecule has 0 saturated carbocycles.